The average Bonchev–Trinajstić information content (AvgIpc) is 3.20. The third-order valence-corrected chi connectivity index (χ3v) is 5.13. The lowest BCUT2D eigenvalue weighted by atomic mass is 9.98. The molecule has 13 heteroatoms. The molecule has 0 aliphatic carbocycles. The third-order valence-electron chi connectivity index (χ3n) is 5.13. The zero-order valence-corrected chi connectivity index (χ0v) is 19.5. The summed E-state index contributed by atoms with van der Waals surface area (Å²) in [5.41, 5.74) is 8.87. The molecule has 0 aromatic heterocycles. The Hall–Kier alpha value is -1.70. The molecule has 33 heavy (non-hydrogen) atoms. The summed E-state index contributed by atoms with van der Waals surface area (Å²) in [6.07, 6.45) is -7.76. The fraction of sp³-hybridized carbons (Fsp3) is 0.950. The van der Waals surface area contributed by atoms with E-state index in [1.165, 1.54) is 0 Å². The van der Waals surface area contributed by atoms with Crippen molar-refractivity contribution in [3.63, 3.8) is 0 Å². The molecule has 0 aromatic carbocycles. The summed E-state index contributed by atoms with van der Waals surface area (Å²) < 4.78 is 45.2. The van der Waals surface area contributed by atoms with Crippen LogP contribution in [0.15, 0.2) is 5.11 Å². The number of aliphatic hydroxyl groups is 1. The summed E-state index contributed by atoms with van der Waals surface area (Å²) in [6, 6.07) is 0. The van der Waals surface area contributed by atoms with E-state index in [2.05, 4.69) is 10.0 Å². The van der Waals surface area contributed by atoms with E-state index in [4.69, 9.17) is 43.4 Å². The van der Waals surface area contributed by atoms with Gasteiger partial charge in [0.05, 0.1) is 25.9 Å². The van der Waals surface area contributed by atoms with E-state index in [0.29, 0.717) is 13.2 Å². The van der Waals surface area contributed by atoms with Crippen molar-refractivity contribution in [1.82, 2.24) is 0 Å². The van der Waals surface area contributed by atoms with Gasteiger partial charge in [-0.1, -0.05) is 5.11 Å². The van der Waals surface area contributed by atoms with Crippen LogP contribution in [-0.2, 0) is 37.9 Å². The first-order valence-corrected chi connectivity index (χ1v) is 11.3. The standard InChI is InChI=1S/C20H35N3O10/c1-5-26-10-12(24)15(28-7-3)13(9-22-23-21)30-19-18(29-8-4)17-16(32-20(25)33-17)14(31-19)11-27-6-2/h12-19,24H,5-11H2,1-4H3/t12?,13-,14?,15?,16?,17+,18?,19-/m1/s1. The van der Waals surface area contributed by atoms with Crippen LogP contribution in [0.3, 0.4) is 0 Å². The summed E-state index contributed by atoms with van der Waals surface area (Å²) >= 11 is 0. The van der Waals surface area contributed by atoms with Gasteiger partial charge in [0.15, 0.2) is 18.5 Å². The number of hydrogen-bond acceptors (Lipinski definition) is 11. The van der Waals surface area contributed by atoms with Crippen molar-refractivity contribution in [2.24, 2.45) is 5.11 Å². The van der Waals surface area contributed by atoms with E-state index in [0.717, 1.165) is 0 Å². The summed E-state index contributed by atoms with van der Waals surface area (Å²) in [5.74, 6) is 0. The van der Waals surface area contributed by atoms with Gasteiger partial charge in [0.25, 0.3) is 0 Å². The monoisotopic (exact) mass is 477 g/mol. The minimum Gasteiger partial charge on any atom is -0.424 e. The van der Waals surface area contributed by atoms with E-state index in [-0.39, 0.29) is 33.0 Å². The van der Waals surface area contributed by atoms with Gasteiger partial charge >= 0.3 is 6.16 Å². The second-order valence-electron chi connectivity index (χ2n) is 7.27. The molecule has 2 aliphatic rings. The Morgan fingerprint density at radius 3 is 2.45 bits per heavy atom. The molecule has 2 saturated heterocycles. The van der Waals surface area contributed by atoms with Crippen molar-refractivity contribution >= 4 is 6.16 Å². The van der Waals surface area contributed by atoms with E-state index < -0.39 is 55.2 Å². The second-order valence-corrected chi connectivity index (χ2v) is 7.27. The highest BCUT2D eigenvalue weighted by Crippen LogP contribution is 2.34. The maximum atomic E-state index is 11.9. The Morgan fingerprint density at radius 1 is 1.09 bits per heavy atom. The molecule has 0 bridgehead atoms. The molecule has 5 unspecified atom stereocenters. The minimum absolute atomic E-state index is 0.000817. The van der Waals surface area contributed by atoms with Gasteiger partial charge in [0.2, 0.25) is 0 Å². The van der Waals surface area contributed by atoms with Crippen molar-refractivity contribution in [2.75, 3.05) is 46.2 Å². The van der Waals surface area contributed by atoms with Crippen molar-refractivity contribution in [3.05, 3.63) is 10.4 Å². The normalized spacial score (nSPS) is 29.4. The van der Waals surface area contributed by atoms with Crippen LogP contribution in [0.1, 0.15) is 27.7 Å². The van der Waals surface area contributed by atoms with Crippen LogP contribution >= 0.6 is 0 Å². The Labute approximate surface area is 193 Å². The van der Waals surface area contributed by atoms with Crippen LogP contribution in [-0.4, -0.2) is 106 Å². The summed E-state index contributed by atoms with van der Waals surface area (Å²) in [6.45, 7) is 8.56. The number of fused-ring (bicyclic) bond motifs is 1. The first-order valence-electron chi connectivity index (χ1n) is 11.3. The molecule has 0 amide bonds. The van der Waals surface area contributed by atoms with Crippen LogP contribution in [0.5, 0.6) is 0 Å². The van der Waals surface area contributed by atoms with E-state index in [9.17, 15) is 9.90 Å². The van der Waals surface area contributed by atoms with E-state index in [1.54, 1.807) is 20.8 Å². The third kappa shape index (κ3) is 7.66. The van der Waals surface area contributed by atoms with Crippen LogP contribution in [0.4, 0.5) is 4.79 Å². The topological polar surface area (TPSA) is 160 Å². The maximum Gasteiger partial charge on any atom is 0.509 e. The molecule has 8 atom stereocenters. The quantitative estimate of drug-likeness (QED) is 0.149. The molecule has 13 nitrogen and oxygen atoms in total. The molecule has 2 rings (SSSR count). The number of aliphatic hydroxyl groups excluding tert-OH is 1. The van der Waals surface area contributed by atoms with Gasteiger partial charge < -0.3 is 43.0 Å². The van der Waals surface area contributed by atoms with Crippen molar-refractivity contribution < 1.29 is 47.8 Å². The van der Waals surface area contributed by atoms with Crippen LogP contribution in [0, 0.1) is 0 Å². The van der Waals surface area contributed by atoms with Gasteiger partial charge in [-0.05, 0) is 33.2 Å². The largest absolute Gasteiger partial charge is 0.509 e. The van der Waals surface area contributed by atoms with Crippen LogP contribution in [0.2, 0.25) is 0 Å². The maximum absolute atomic E-state index is 11.9. The molecule has 0 radical (unpaired) electrons. The zero-order chi connectivity index (χ0) is 24.2. The molecule has 2 fully saturated rings. The van der Waals surface area contributed by atoms with Crippen LogP contribution in [0.25, 0.3) is 10.4 Å². The predicted molar refractivity (Wildman–Crippen MR) is 113 cm³/mol. The van der Waals surface area contributed by atoms with Crippen LogP contribution < -0.4 is 0 Å². The van der Waals surface area contributed by atoms with Crippen molar-refractivity contribution in [2.45, 2.75) is 76.7 Å². The van der Waals surface area contributed by atoms with Gasteiger partial charge in [-0.25, -0.2) is 4.79 Å². The summed E-state index contributed by atoms with van der Waals surface area (Å²) in [7, 11) is 0. The lowest BCUT2D eigenvalue weighted by molar-refractivity contribution is -0.313. The minimum atomic E-state index is -1.06. The lowest BCUT2D eigenvalue weighted by Gasteiger charge is -2.42. The fourth-order valence-electron chi connectivity index (χ4n) is 3.76. The average molecular weight is 478 g/mol. The fourth-order valence-corrected chi connectivity index (χ4v) is 3.76. The molecule has 190 valence electrons. The number of hydrogen-bond donors (Lipinski definition) is 1. The number of carbonyl (C=O) groups excluding carboxylic acids is 1. The number of azide groups is 1. The SMILES string of the molecule is CCOCC(O)C(OCC)[C@@H](CN=[N+]=[N-])O[C@@H]1OC(COCC)C2OC(=O)O[C@@H]2C1OCC. The smallest absolute Gasteiger partial charge is 0.424 e. The first kappa shape index (κ1) is 27.5. The highest BCUT2D eigenvalue weighted by molar-refractivity contribution is 5.63. The predicted octanol–water partition coefficient (Wildman–Crippen LogP) is 1.55. The first-order chi connectivity index (χ1) is 16.0. The second kappa shape index (κ2) is 14.5. The highest BCUT2D eigenvalue weighted by Gasteiger charge is 2.56. The Kier molecular flexibility index (Phi) is 12.1. The molecular formula is C20H35N3O10. The van der Waals surface area contributed by atoms with Gasteiger partial charge in [0, 0.05) is 31.3 Å². The summed E-state index contributed by atoms with van der Waals surface area (Å²) in [5, 5.41) is 14.3. The molecule has 1 N–H and O–H groups in total. The molecule has 0 spiro atoms. The van der Waals surface area contributed by atoms with Gasteiger partial charge in [-0.2, -0.15) is 0 Å². The molecule has 0 saturated carbocycles. The number of rotatable bonds is 16. The summed E-state index contributed by atoms with van der Waals surface area (Å²) in [4.78, 5) is 14.7. The molecule has 0 aromatic rings. The van der Waals surface area contributed by atoms with Gasteiger partial charge in [0.1, 0.15) is 24.4 Å². The molecular weight excluding hydrogens is 442 g/mol. The highest BCUT2D eigenvalue weighted by atomic mass is 16.8. The van der Waals surface area contributed by atoms with E-state index >= 15 is 0 Å². The van der Waals surface area contributed by atoms with E-state index in [1.807, 2.05) is 6.92 Å². The molecule has 2 aliphatic heterocycles. The zero-order valence-electron chi connectivity index (χ0n) is 19.5. The number of nitrogens with zero attached hydrogens (tertiary/aromatic N) is 3. The molecule has 2 heterocycles. The van der Waals surface area contributed by atoms with Crippen molar-refractivity contribution in [3.8, 4) is 0 Å². The number of ether oxygens (including phenoxy) is 8. The lowest BCUT2D eigenvalue weighted by Crippen LogP contribution is -2.60. The number of carbonyl (C=O) groups is 1. The van der Waals surface area contributed by atoms with Gasteiger partial charge in [-0.15, -0.1) is 0 Å². The van der Waals surface area contributed by atoms with Gasteiger partial charge in [-0.3, -0.25) is 0 Å². The Morgan fingerprint density at radius 2 is 1.82 bits per heavy atom. The Bertz CT molecular complexity index is 635. The van der Waals surface area contributed by atoms with Crippen molar-refractivity contribution in [1.29, 1.82) is 0 Å². The Balaban J connectivity index is 2.29.